The van der Waals surface area contributed by atoms with E-state index in [1.54, 1.807) is 0 Å². The van der Waals surface area contributed by atoms with Crippen molar-refractivity contribution < 1.29 is 9.47 Å². The molecular formula is C19H22O2. The lowest BCUT2D eigenvalue weighted by Crippen LogP contribution is -2.10. The predicted octanol–water partition coefficient (Wildman–Crippen LogP) is 4.33. The van der Waals surface area contributed by atoms with E-state index in [1.807, 2.05) is 18.2 Å². The lowest BCUT2D eigenvalue weighted by molar-refractivity contribution is 0.217. The van der Waals surface area contributed by atoms with Crippen LogP contribution >= 0.6 is 0 Å². The number of hydrogen-bond acceptors (Lipinski definition) is 2. The molecule has 1 aliphatic rings. The van der Waals surface area contributed by atoms with Gasteiger partial charge in [0.05, 0.1) is 0 Å². The topological polar surface area (TPSA) is 18.5 Å². The van der Waals surface area contributed by atoms with Crippen LogP contribution in [0.2, 0.25) is 0 Å². The van der Waals surface area contributed by atoms with Crippen molar-refractivity contribution in [1.82, 2.24) is 0 Å². The average molecular weight is 282 g/mol. The fraction of sp³-hybridized carbons (Fsp3) is 0.368. The molecular weight excluding hydrogens is 260 g/mol. The van der Waals surface area contributed by atoms with Gasteiger partial charge in [-0.2, -0.15) is 0 Å². The Hall–Kier alpha value is -1.96. The summed E-state index contributed by atoms with van der Waals surface area (Å²) >= 11 is 0. The molecule has 0 fully saturated rings. The molecule has 0 amide bonds. The second kappa shape index (κ2) is 6.66. The van der Waals surface area contributed by atoms with Gasteiger partial charge in [-0.15, -0.1) is 0 Å². The van der Waals surface area contributed by atoms with Crippen LogP contribution in [0.4, 0.5) is 0 Å². The molecule has 0 saturated heterocycles. The molecule has 0 spiro atoms. The van der Waals surface area contributed by atoms with E-state index in [-0.39, 0.29) is 0 Å². The number of rotatable bonds is 5. The maximum Gasteiger partial charge on any atom is 0.122 e. The minimum atomic E-state index is 0.570. The van der Waals surface area contributed by atoms with Gasteiger partial charge in [0.2, 0.25) is 0 Å². The molecule has 1 aliphatic carbocycles. The van der Waals surface area contributed by atoms with Crippen LogP contribution in [-0.4, -0.2) is 13.2 Å². The number of fused-ring (bicyclic) bond motifs is 1. The smallest absolute Gasteiger partial charge is 0.122 e. The standard InChI is InChI=1S/C19H22O2/c1-15-5-4-8-18(13-15)20-11-12-21-19-10-9-16-6-2-3-7-17(16)14-19/h4-5,8-10,13-14H,2-3,6-7,11-12H2,1H3. The van der Waals surface area contributed by atoms with Crippen molar-refractivity contribution in [2.45, 2.75) is 32.6 Å². The van der Waals surface area contributed by atoms with Gasteiger partial charge >= 0.3 is 0 Å². The van der Waals surface area contributed by atoms with Gasteiger partial charge in [-0.3, -0.25) is 0 Å². The van der Waals surface area contributed by atoms with Crippen molar-refractivity contribution in [3.05, 3.63) is 59.2 Å². The Labute approximate surface area is 126 Å². The number of ether oxygens (including phenoxy) is 2. The first-order valence-electron chi connectivity index (χ1n) is 7.75. The predicted molar refractivity (Wildman–Crippen MR) is 85.3 cm³/mol. The van der Waals surface area contributed by atoms with Crippen molar-refractivity contribution in [1.29, 1.82) is 0 Å². The van der Waals surface area contributed by atoms with Crippen molar-refractivity contribution in [2.24, 2.45) is 0 Å². The molecule has 0 unspecified atom stereocenters. The van der Waals surface area contributed by atoms with Crippen LogP contribution in [0.1, 0.15) is 29.5 Å². The largest absolute Gasteiger partial charge is 0.490 e. The van der Waals surface area contributed by atoms with Crippen LogP contribution in [0.5, 0.6) is 11.5 Å². The Morgan fingerprint density at radius 2 is 1.52 bits per heavy atom. The molecule has 2 heteroatoms. The maximum atomic E-state index is 5.80. The summed E-state index contributed by atoms with van der Waals surface area (Å²) in [5, 5.41) is 0. The highest BCUT2D eigenvalue weighted by atomic mass is 16.5. The fourth-order valence-electron chi connectivity index (χ4n) is 2.82. The molecule has 0 atom stereocenters. The second-order valence-corrected chi connectivity index (χ2v) is 5.65. The van der Waals surface area contributed by atoms with Gasteiger partial charge in [-0.1, -0.05) is 18.2 Å². The van der Waals surface area contributed by atoms with E-state index in [9.17, 15) is 0 Å². The highest BCUT2D eigenvalue weighted by molar-refractivity contribution is 5.37. The summed E-state index contributed by atoms with van der Waals surface area (Å²) < 4.78 is 11.5. The molecule has 110 valence electrons. The molecule has 3 rings (SSSR count). The first-order valence-corrected chi connectivity index (χ1v) is 7.75. The van der Waals surface area contributed by atoms with Crippen LogP contribution in [-0.2, 0) is 12.8 Å². The lowest BCUT2D eigenvalue weighted by Gasteiger charge is -2.17. The zero-order chi connectivity index (χ0) is 14.5. The van der Waals surface area contributed by atoms with Crippen LogP contribution < -0.4 is 9.47 Å². The summed E-state index contributed by atoms with van der Waals surface area (Å²) in [4.78, 5) is 0. The molecule has 0 saturated carbocycles. The maximum absolute atomic E-state index is 5.80. The molecule has 2 aromatic rings. The van der Waals surface area contributed by atoms with E-state index in [0.29, 0.717) is 13.2 Å². The Kier molecular flexibility index (Phi) is 4.44. The van der Waals surface area contributed by atoms with Crippen LogP contribution in [0.3, 0.4) is 0 Å². The first-order chi connectivity index (χ1) is 10.3. The Morgan fingerprint density at radius 1 is 0.810 bits per heavy atom. The molecule has 0 radical (unpaired) electrons. The van der Waals surface area contributed by atoms with Crippen molar-refractivity contribution in [3.8, 4) is 11.5 Å². The number of benzene rings is 2. The SMILES string of the molecule is Cc1cccc(OCCOc2ccc3c(c2)CCCC3)c1. The van der Waals surface area contributed by atoms with Gasteiger partial charge in [-0.25, -0.2) is 0 Å². The second-order valence-electron chi connectivity index (χ2n) is 5.65. The quantitative estimate of drug-likeness (QED) is 0.760. The van der Waals surface area contributed by atoms with Gasteiger partial charge in [-0.05, 0) is 73.6 Å². The van der Waals surface area contributed by atoms with E-state index in [0.717, 1.165) is 11.5 Å². The third kappa shape index (κ3) is 3.78. The molecule has 0 bridgehead atoms. The number of hydrogen-bond donors (Lipinski definition) is 0. The van der Waals surface area contributed by atoms with E-state index >= 15 is 0 Å². The Balaban J connectivity index is 1.49. The normalized spacial score (nSPS) is 13.6. The summed E-state index contributed by atoms with van der Waals surface area (Å²) in [7, 11) is 0. The summed E-state index contributed by atoms with van der Waals surface area (Å²) in [6, 6.07) is 14.6. The van der Waals surface area contributed by atoms with Crippen LogP contribution in [0, 0.1) is 6.92 Å². The summed E-state index contributed by atoms with van der Waals surface area (Å²) in [5.74, 6) is 1.87. The van der Waals surface area contributed by atoms with Crippen molar-refractivity contribution in [2.75, 3.05) is 13.2 Å². The van der Waals surface area contributed by atoms with Crippen molar-refractivity contribution >= 4 is 0 Å². The van der Waals surface area contributed by atoms with Gasteiger partial charge in [0.15, 0.2) is 0 Å². The van der Waals surface area contributed by atoms with Crippen molar-refractivity contribution in [3.63, 3.8) is 0 Å². The molecule has 0 aromatic heterocycles. The average Bonchev–Trinajstić information content (AvgIpc) is 2.51. The third-order valence-corrected chi connectivity index (χ3v) is 3.93. The first kappa shape index (κ1) is 14.0. The summed E-state index contributed by atoms with van der Waals surface area (Å²) in [6.07, 6.45) is 5.02. The molecule has 2 aromatic carbocycles. The molecule has 0 N–H and O–H groups in total. The summed E-state index contributed by atoms with van der Waals surface area (Å²) in [5.41, 5.74) is 4.16. The van der Waals surface area contributed by atoms with Gasteiger partial charge in [0.25, 0.3) is 0 Å². The van der Waals surface area contributed by atoms with E-state index < -0.39 is 0 Å². The lowest BCUT2D eigenvalue weighted by atomic mass is 9.92. The fourth-order valence-corrected chi connectivity index (χ4v) is 2.82. The van der Waals surface area contributed by atoms with Crippen LogP contribution in [0.25, 0.3) is 0 Å². The van der Waals surface area contributed by atoms with E-state index in [1.165, 1.54) is 42.4 Å². The Morgan fingerprint density at radius 3 is 2.29 bits per heavy atom. The minimum absolute atomic E-state index is 0.570. The third-order valence-electron chi connectivity index (χ3n) is 3.93. The zero-order valence-electron chi connectivity index (χ0n) is 12.6. The van der Waals surface area contributed by atoms with Gasteiger partial charge < -0.3 is 9.47 Å². The highest BCUT2D eigenvalue weighted by Gasteiger charge is 2.09. The molecule has 2 nitrogen and oxygen atoms in total. The van der Waals surface area contributed by atoms with E-state index in [4.69, 9.17) is 9.47 Å². The minimum Gasteiger partial charge on any atom is -0.490 e. The monoisotopic (exact) mass is 282 g/mol. The zero-order valence-corrected chi connectivity index (χ0v) is 12.6. The van der Waals surface area contributed by atoms with Gasteiger partial charge in [0, 0.05) is 0 Å². The highest BCUT2D eigenvalue weighted by Crippen LogP contribution is 2.25. The summed E-state index contributed by atoms with van der Waals surface area (Å²) in [6.45, 7) is 3.21. The van der Waals surface area contributed by atoms with Gasteiger partial charge in [0.1, 0.15) is 24.7 Å². The Bertz CT molecular complexity index is 604. The molecule has 21 heavy (non-hydrogen) atoms. The molecule has 0 heterocycles. The number of aryl methyl sites for hydroxylation is 3. The molecule has 0 aliphatic heterocycles. The van der Waals surface area contributed by atoms with Crippen LogP contribution in [0.15, 0.2) is 42.5 Å². The van der Waals surface area contributed by atoms with E-state index in [2.05, 4.69) is 31.2 Å².